The van der Waals surface area contributed by atoms with E-state index in [4.69, 9.17) is 10.5 Å². The number of primary amides is 1. The van der Waals surface area contributed by atoms with Crippen LogP contribution >= 0.6 is 0 Å². The summed E-state index contributed by atoms with van der Waals surface area (Å²) in [7, 11) is 0. The highest BCUT2D eigenvalue weighted by atomic mass is 16.5. The van der Waals surface area contributed by atoms with Crippen LogP contribution in [0.3, 0.4) is 0 Å². The summed E-state index contributed by atoms with van der Waals surface area (Å²) in [5, 5.41) is 0. The zero-order chi connectivity index (χ0) is 18.5. The van der Waals surface area contributed by atoms with Crippen molar-refractivity contribution in [3.63, 3.8) is 0 Å². The highest BCUT2D eigenvalue weighted by molar-refractivity contribution is 5.95. The monoisotopic (exact) mass is 358 g/mol. The molecule has 2 saturated carbocycles. The van der Waals surface area contributed by atoms with E-state index in [0.29, 0.717) is 23.9 Å². The number of carbonyl (C=O) groups is 3. The van der Waals surface area contributed by atoms with Gasteiger partial charge in [-0.05, 0) is 49.1 Å². The van der Waals surface area contributed by atoms with Gasteiger partial charge in [0.1, 0.15) is 0 Å². The van der Waals surface area contributed by atoms with E-state index in [2.05, 4.69) is 0 Å². The first-order valence-electron chi connectivity index (χ1n) is 9.32. The Kier molecular flexibility index (Phi) is 5.91. The van der Waals surface area contributed by atoms with Crippen molar-refractivity contribution in [3.05, 3.63) is 30.3 Å². The van der Waals surface area contributed by atoms with E-state index in [1.165, 1.54) is 24.2 Å². The Balaban J connectivity index is 1.51. The molecule has 2 bridgehead atoms. The minimum Gasteiger partial charge on any atom is -0.456 e. The summed E-state index contributed by atoms with van der Waals surface area (Å²) in [6, 6.07) is 9.00. The number of amides is 2. The van der Waals surface area contributed by atoms with Crippen molar-refractivity contribution in [2.45, 2.75) is 38.5 Å². The molecular weight excluding hydrogens is 332 g/mol. The molecule has 0 heterocycles. The van der Waals surface area contributed by atoms with Crippen LogP contribution in [0.2, 0.25) is 0 Å². The molecule has 3 unspecified atom stereocenters. The fraction of sp³-hybridized carbons (Fsp3) is 0.550. The van der Waals surface area contributed by atoms with Gasteiger partial charge < -0.3 is 15.4 Å². The second-order valence-electron chi connectivity index (χ2n) is 7.40. The van der Waals surface area contributed by atoms with Gasteiger partial charge in [0.15, 0.2) is 6.61 Å². The molecular formula is C20H26N2O4. The maximum absolute atomic E-state index is 12.5. The van der Waals surface area contributed by atoms with Crippen LogP contribution in [-0.4, -0.2) is 30.9 Å². The summed E-state index contributed by atoms with van der Waals surface area (Å²) in [4.78, 5) is 37.2. The largest absolute Gasteiger partial charge is 0.456 e. The molecule has 0 spiro atoms. The average Bonchev–Trinajstić information content (AvgIpc) is 3.24. The number of carbonyl (C=O) groups excluding carboxylic acids is 3. The van der Waals surface area contributed by atoms with E-state index in [1.54, 1.807) is 24.3 Å². The number of anilines is 1. The maximum Gasteiger partial charge on any atom is 0.306 e. The molecule has 2 N–H and O–H groups in total. The fourth-order valence-electron chi connectivity index (χ4n) is 4.35. The second-order valence-corrected chi connectivity index (χ2v) is 7.40. The number of nitrogens with two attached hydrogens (primary N) is 1. The van der Waals surface area contributed by atoms with Gasteiger partial charge in [-0.25, -0.2) is 0 Å². The Morgan fingerprint density at radius 1 is 1.12 bits per heavy atom. The van der Waals surface area contributed by atoms with Gasteiger partial charge in [0, 0.05) is 25.1 Å². The molecule has 1 aromatic carbocycles. The molecule has 0 aromatic heterocycles. The molecule has 26 heavy (non-hydrogen) atoms. The van der Waals surface area contributed by atoms with Gasteiger partial charge in [-0.2, -0.15) is 0 Å². The van der Waals surface area contributed by atoms with Crippen molar-refractivity contribution in [2.24, 2.45) is 23.5 Å². The van der Waals surface area contributed by atoms with Crippen LogP contribution in [0.1, 0.15) is 38.5 Å². The van der Waals surface area contributed by atoms with Crippen molar-refractivity contribution in [1.29, 1.82) is 0 Å². The van der Waals surface area contributed by atoms with Gasteiger partial charge in [-0.1, -0.05) is 24.6 Å². The topological polar surface area (TPSA) is 89.7 Å². The van der Waals surface area contributed by atoms with Gasteiger partial charge in [-0.3, -0.25) is 14.4 Å². The number of hydrogen-bond acceptors (Lipinski definition) is 4. The van der Waals surface area contributed by atoms with Gasteiger partial charge in [0.2, 0.25) is 5.91 Å². The third-order valence-electron chi connectivity index (χ3n) is 5.62. The Morgan fingerprint density at radius 3 is 2.50 bits per heavy atom. The summed E-state index contributed by atoms with van der Waals surface area (Å²) < 4.78 is 5.24. The first-order valence-corrected chi connectivity index (χ1v) is 9.32. The predicted molar refractivity (Wildman–Crippen MR) is 97.1 cm³/mol. The van der Waals surface area contributed by atoms with Gasteiger partial charge in [0.25, 0.3) is 5.91 Å². The standard InChI is InChI=1S/C20H26N2O4/c21-18(23)8-9-22(17-4-2-1-3-5-17)19(24)13-26-20(25)12-16-11-14-6-7-15(16)10-14/h1-5,14-16H,6-13H2,(H2,21,23). The number of nitrogens with zero attached hydrogens (tertiary/aromatic N) is 1. The minimum absolute atomic E-state index is 0.0553. The molecule has 2 aliphatic rings. The number of para-hydroxylation sites is 1. The molecule has 2 fully saturated rings. The smallest absolute Gasteiger partial charge is 0.306 e. The third kappa shape index (κ3) is 4.62. The molecule has 3 atom stereocenters. The Bertz CT molecular complexity index is 661. The molecule has 3 rings (SSSR count). The Hall–Kier alpha value is -2.37. The molecule has 140 valence electrons. The van der Waals surface area contributed by atoms with E-state index >= 15 is 0 Å². The number of rotatable bonds is 8. The maximum atomic E-state index is 12.5. The Labute approximate surface area is 153 Å². The summed E-state index contributed by atoms with van der Waals surface area (Å²) in [6.07, 6.45) is 5.33. The SMILES string of the molecule is NC(=O)CCN(C(=O)COC(=O)CC1CC2CCC1C2)c1ccccc1. The zero-order valence-corrected chi connectivity index (χ0v) is 14.9. The van der Waals surface area contributed by atoms with Crippen molar-refractivity contribution >= 4 is 23.5 Å². The van der Waals surface area contributed by atoms with Crippen molar-refractivity contribution < 1.29 is 19.1 Å². The molecule has 6 nitrogen and oxygen atoms in total. The number of esters is 1. The van der Waals surface area contributed by atoms with E-state index in [1.807, 2.05) is 6.07 Å². The lowest BCUT2D eigenvalue weighted by molar-refractivity contribution is -0.149. The van der Waals surface area contributed by atoms with Gasteiger partial charge in [0.05, 0.1) is 0 Å². The third-order valence-corrected chi connectivity index (χ3v) is 5.62. The highest BCUT2D eigenvalue weighted by Crippen LogP contribution is 2.49. The van der Waals surface area contributed by atoms with Gasteiger partial charge >= 0.3 is 5.97 Å². The number of hydrogen-bond donors (Lipinski definition) is 1. The molecule has 1 aromatic rings. The van der Waals surface area contributed by atoms with Crippen LogP contribution in [0.25, 0.3) is 0 Å². The molecule has 2 aliphatic carbocycles. The van der Waals surface area contributed by atoms with E-state index in [0.717, 1.165) is 12.3 Å². The van der Waals surface area contributed by atoms with Crippen LogP contribution in [0.15, 0.2) is 30.3 Å². The first-order chi connectivity index (χ1) is 12.5. The molecule has 0 aliphatic heterocycles. The minimum atomic E-state index is -0.480. The predicted octanol–water partition coefficient (Wildman–Crippen LogP) is 2.26. The number of fused-ring (bicyclic) bond motifs is 2. The van der Waals surface area contributed by atoms with Crippen LogP contribution in [0.5, 0.6) is 0 Å². The van der Waals surface area contributed by atoms with E-state index < -0.39 is 5.91 Å². The normalized spacial score (nSPS) is 23.6. The second kappa shape index (κ2) is 8.34. The van der Waals surface area contributed by atoms with Crippen molar-refractivity contribution in [2.75, 3.05) is 18.1 Å². The number of benzene rings is 1. The van der Waals surface area contributed by atoms with Crippen molar-refractivity contribution in [1.82, 2.24) is 0 Å². The summed E-state index contributed by atoms with van der Waals surface area (Å²) in [6.45, 7) is -0.143. The zero-order valence-electron chi connectivity index (χ0n) is 14.9. The molecule has 6 heteroatoms. The van der Waals surface area contributed by atoms with Crippen LogP contribution in [-0.2, 0) is 19.1 Å². The van der Waals surface area contributed by atoms with Crippen LogP contribution in [0, 0.1) is 17.8 Å². The molecule has 2 amide bonds. The highest BCUT2D eigenvalue weighted by Gasteiger charge is 2.40. The van der Waals surface area contributed by atoms with Crippen LogP contribution < -0.4 is 10.6 Å². The van der Waals surface area contributed by atoms with E-state index in [-0.39, 0.29) is 31.4 Å². The lowest BCUT2D eigenvalue weighted by atomic mass is 9.86. The average molecular weight is 358 g/mol. The van der Waals surface area contributed by atoms with E-state index in [9.17, 15) is 14.4 Å². The summed E-state index contributed by atoms with van der Waals surface area (Å²) >= 11 is 0. The Morgan fingerprint density at radius 2 is 1.88 bits per heavy atom. The quantitative estimate of drug-likeness (QED) is 0.722. The molecule has 0 radical (unpaired) electrons. The first kappa shape index (κ1) is 18.4. The van der Waals surface area contributed by atoms with Crippen LogP contribution in [0.4, 0.5) is 5.69 Å². The van der Waals surface area contributed by atoms with Gasteiger partial charge in [-0.15, -0.1) is 0 Å². The number of ether oxygens (including phenoxy) is 1. The fourth-order valence-corrected chi connectivity index (χ4v) is 4.35. The summed E-state index contributed by atoms with van der Waals surface area (Å²) in [5.74, 6) is 0.711. The van der Waals surface area contributed by atoms with Crippen molar-refractivity contribution in [3.8, 4) is 0 Å². The molecule has 0 saturated heterocycles. The lowest BCUT2D eigenvalue weighted by Crippen LogP contribution is -2.37. The lowest BCUT2D eigenvalue weighted by Gasteiger charge is -2.23. The summed E-state index contributed by atoms with van der Waals surface area (Å²) in [5.41, 5.74) is 5.86.